The van der Waals surface area contributed by atoms with Crippen molar-refractivity contribution < 1.29 is 4.39 Å². The van der Waals surface area contributed by atoms with Crippen molar-refractivity contribution in [3.8, 4) is 0 Å². The highest BCUT2D eigenvalue weighted by Crippen LogP contribution is 2.25. The Morgan fingerprint density at radius 1 is 1.19 bits per heavy atom. The quantitative estimate of drug-likeness (QED) is 0.325. The van der Waals surface area contributed by atoms with Crippen molar-refractivity contribution in [2.24, 2.45) is 4.99 Å². The average Bonchev–Trinajstić information content (AvgIpc) is 3.47. The van der Waals surface area contributed by atoms with Crippen molar-refractivity contribution in [1.29, 1.82) is 0 Å². The van der Waals surface area contributed by atoms with Gasteiger partial charge in [0.2, 0.25) is 0 Å². The molecular formula is C24H34FIN6. The Hall–Kier alpha value is -1.94. The molecule has 8 heteroatoms. The predicted molar refractivity (Wildman–Crippen MR) is 139 cm³/mol. The fourth-order valence-corrected chi connectivity index (χ4v) is 4.56. The Bertz CT molecular complexity index is 884. The zero-order valence-corrected chi connectivity index (χ0v) is 21.3. The van der Waals surface area contributed by atoms with Gasteiger partial charge in [0.15, 0.2) is 17.6 Å². The number of benzene rings is 1. The van der Waals surface area contributed by atoms with Gasteiger partial charge >= 0.3 is 0 Å². The first kappa shape index (κ1) is 24.7. The first-order chi connectivity index (χ1) is 15.1. The minimum absolute atomic E-state index is 0. The molecule has 3 heterocycles. The average molecular weight is 552 g/mol. The lowest BCUT2D eigenvalue weighted by molar-refractivity contribution is 0.245. The zero-order valence-electron chi connectivity index (χ0n) is 18.9. The van der Waals surface area contributed by atoms with Crippen LogP contribution >= 0.6 is 24.0 Å². The monoisotopic (exact) mass is 552 g/mol. The molecular weight excluding hydrogens is 518 g/mol. The Labute approximate surface area is 207 Å². The number of aryl methyl sites for hydroxylation is 1. The molecule has 2 aromatic rings. The summed E-state index contributed by atoms with van der Waals surface area (Å²) in [7, 11) is 1.80. The number of hydrogen-bond donors (Lipinski definition) is 2. The normalized spacial score (nSPS) is 20.2. The van der Waals surface area contributed by atoms with Gasteiger partial charge in [-0.05, 0) is 57.0 Å². The van der Waals surface area contributed by atoms with E-state index < -0.39 is 0 Å². The first-order valence-electron chi connectivity index (χ1n) is 11.3. The third-order valence-corrected chi connectivity index (χ3v) is 6.30. The maximum Gasteiger partial charge on any atom is 0.191 e. The zero-order chi connectivity index (χ0) is 21.6. The molecule has 2 fully saturated rings. The van der Waals surface area contributed by atoms with Gasteiger partial charge < -0.3 is 15.5 Å². The maximum absolute atomic E-state index is 14.1. The standard InChI is InChI=1S/C24H33FN6.HI/c1-18-7-9-19(10-8-18)22(30-13-3-4-14-30)16-28-24(26-2)29-20-11-15-31(17-20)23-21(25)6-5-12-27-23;/h5-10,12,20,22H,3-4,11,13-17H2,1-2H3,(H2,26,28,29);1H. The minimum Gasteiger partial charge on any atom is -0.354 e. The highest BCUT2D eigenvalue weighted by molar-refractivity contribution is 14.0. The number of anilines is 1. The molecule has 2 atom stereocenters. The highest BCUT2D eigenvalue weighted by Gasteiger charge is 2.27. The van der Waals surface area contributed by atoms with E-state index in [9.17, 15) is 4.39 Å². The summed E-state index contributed by atoms with van der Waals surface area (Å²) in [6.45, 7) is 6.69. The molecule has 0 saturated carbocycles. The van der Waals surface area contributed by atoms with E-state index in [1.165, 1.54) is 30.0 Å². The number of hydrogen-bond acceptors (Lipinski definition) is 4. The number of nitrogens with zero attached hydrogens (tertiary/aromatic N) is 4. The van der Waals surface area contributed by atoms with Gasteiger partial charge in [-0.3, -0.25) is 9.89 Å². The van der Waals surface area contributed by atoms with Crippen LogP contribution in [0.15, 0.2) is 47.6 Å². The van der Waals surface area contributed by atoms with Crippen LogP contribution in [0.4, 0.5) is 10.2 Å². The van der Waals surface area contributed by atoms with E-state index in [0.717, 1.165) is 38.6 Å². The molecule has 0 bridgehead atoms. The number of likely N-dealkylation sites (tertiary alicyclic amines) is 1. The van der Waals surface area contributed by atoms with E-state index in [4.69, 9.17) is 0 Å². The number of aliphatic imine (C=N–C) groups is 1. The predicted octanol–water partition coefficient (Wildman–Crippen LogP) is 3.73. The van der Waals surface area contributed by atoms with E-state index in [2.05, 4.69) is 56.7 Å². The molecule has 6 nitrogen and oxygen atoms in total. The topological polar surface area (TPSA) is 55.8 Å². The molecule has 0 amide bonds. The molecule has 0 spiro atoms. The second-order valence-electron chi connectivity index (χ2n) is 8.51. The van der Waals surface area contributed by atoms with Crippen LogP contribution in [0, 0.1) is 12.7 Å². The summed E-state index contributed by atoms with van der Waals surface area (Å²) in [5, 5.41) is 7.06. The molecule has 1 aromatic carbocycles. The lowest BCUT2D eigenvalue weighted by atomic mass is 10.0. The van der Waals surface area contributed by atoms with Crippen LogP contribution in [0.1, 0.15) is 36.4 Å². The van der Waals surface area contributed by atoms with Crippen molar-refractivity contribution in [2.45, 2.75) is 38.3 Å². The molecule has 2 aliphatic rings. The number of nitrogens with one attached hydrogen (secondary N) is 2. The van der Waals surface area contributed by atoms with Crippen molar-refractivity contribution in [1.82, 2.24) is 20.5 Å². The SMILES string of the molecule is CN=C(NCC(c1ccc(C)cc1)N1CCCC1)NC1CCN(c2ncccc2F)C1.I. The minimum atomic E-state index is -0.266. The molecule has 0 radical (unpaired) electrons. The third-order valence-electron chi connectivity index (χ3n) is 6.30. The second kappa shape index (κ2) is 11.8. The highest BCUT2D eigenvalue weighted by atomic mass is 127. The van der Waals surface area contributed by atoms with Gasteiger partial charge in [-0.25, -0.2) is 9.37 Å². The van der Waals surface area contributed by atoms with E-state index in [0.29, 0.717) is 18.4 Å². The van der Waals surface area contributed by atoms with Gasteiger partial charge in [0, 0.05) is 38.9 Å². The van der Waals surface area contributed by atoms with Gasteiger partial charge in [-0.1, -0.05) is 29.8 Å². The molecule has 1 aromatic heterocycles. The van der Waals surface area contributed by atoms with Gasteiger partial charge in [-0.15, -0.1) is 24.0 Å². The Morgan fingerprint density at radius 2 is 1.94 bits per heavy atom. The van der Waals surface area contributed by atoms with Crippen molar-refractivity contribution in [2.75, 3.05) is 44.7 Å². The molecule has 0 aliphatic carbocycles. The molecule has 32 heavy (non-hydrogen) atoms. The second-order valence-corrected chi connectivity index (χ2v) is 8.51. The van der Waals surface area contributed by atoms with Gasteiger partial charge in [-0.2, -0.15) is 0 Å². The van der Waals surface area contributed by atoms with Gasteiger partial charge in [0.25, 0.3) is 0 Å². The first-order valence-corrected chi connectivity index (χ1v) is 11.3. The number of pyridine rings is 1. The molecule has 2 N–H and O–H groups in total. The van der Waals surface area contributed by atoms with Crippen LogP contribution in [0.25, 0.3) is 0 Å². The van der Waals surface area contributed by atoms with Crippen LogP contribution in [-0.2, 0) is 0 Å². The van der Waals surface area contributed by atoms with Crippen LogP contribution < -0.4 is 15.5 Å². The number of aromatic nitrogens is 1. The Balaban J connectivity index is 0.00000289. The van der Waals surface area contributed by atoms with Crippen LogP contribution in [0.2, 0.25) is 0 Å². The maximum atomic E-state index is 14.1. The molecule has 2 unspecified atom stereocenters. The summed E-state index contributed by atoms with van der Waals surface area (Å²) in [5.41, 5.74) is 2.62. The Kier molecular flexibility index (Phi) is 9.10. The molecule has 2 saturated heterocycles. The van der Waals surface area contributed by atoms with E-state index in [-0.39, 0.29) is 35.8 Å². The molecule has 174 valence electrons. The Morgan fingerprint density at radius 3 is 2.62 bits per heavy atom. The third kappa shape index (κ3) is 6.10. The number of halogens is 2. The summed E-state index contributed by atoms with van der Waals surface area (Å²) < 4.78 is 14.1. The van der Waals surface area contributed by atoms with Crippen molar-refractivity contribution in [3.63, 3.8) is 0 Å². The lowest BCUT2D eigenvalue weighted by Gasteiger charge is -2.29. The summed E-state index contributed by atoms with van der Waals surface area (Å²) in [4.78, 5) is 13.2. The number of guanidine groups is 1. The largest absolute Gasteiger partial charge is 0.354 e. The molecule has 2 aliphatic heterocycles. The van der Waals surface area contributed by atoms with Gasteiger partial charge in [0.1, 0.15) is 0 Å². The van der Waals surface area contributed by atoms with E-state index in [1.54, 1.807) is 19.3 Å². The summed E-state index contributed by atoms with van der Waals surface area (Å²) in [6, 6.07) is 12.5. The summed E-state index contributed by atoms with van der Waals surface area (Å²) >= 11 is 0. The summed E-state index contributed by atoms with van der Waals surface area (Å²) in [5.74, 6) is 0.963. The fourth-order valence-electron chi connectivity index (χ4n) is 4.56. The smallest absolute Gasteiger partial charge is 0.191 e. The van der Waals surface area contributed by atoms with E-state index in [1.807, 2.05) is 4.90 Å². The summed E-state index contributed by atoms with van der Waals surface area (Å²) in [6.07, 6.45) is 5.09. The van der Waals surface area contributed by atoms with Crippen molar-refractivity contribution >= 4 is 35.8 Å². The number of rotatable bonds is 6. The lowest BCUT2D eigenvalue weighted by Crippen LogP contribution is -2.47. The van der Waals surface area contributed by atoms with Crippen LogP contribution in [0.5, 0.6) is 0 Å². The van der Waals surface area contributed by atoms with Crippen LogP contribution in [-0.4, -0.2) is 61.7 Å². The fraction of sp³-hybridized carbons (Fsp3) is 0.500. The van der Waals surface area contributed by atoms with Crippen molar-refractivity contribution in [3.05, 3.63) is 59.5 Å². The van der Waals surface area contributed by atoms with E-state index >= 15 is 0 Å². The van der Waals surface area contributed by atoms with Gasteiger partial charge in [0.05, 0.1) is 6.04 Å². The molecule has 4 rings (SSSR count). The van der Waals surface area contributed by atoms with Crippen LogP contribution in [0.3, 0.4) is 0 Å².